The van der Waals surface area contributed by atoms with Gasteiger partial charge in [-0.15, -0.1) is 11.3 Å². The summed E-state index contributed by atoms with van der Waals surface area (Å²) in [7, 11) is 0. The van der Waals surface area contributed by atoms with Gasteiger partial charge in [0.05, 0.1) is 5.56 Å². The molecule has 0 amide bonds. The molecule has 1 unspecified atom stereocenters. The van der Waals surface area contributed by atoms with E-state index < -0.39 is 5.97 Å². The summed E-state index contributed by atoms with van der Waals surface area (Å²) < 4.78 is 0. The highest BCUT2D eigenvalue weighted by atomic mass is 32.1. The van der Waals surface area contributed by atoms with Crippen LogP contribution in [0.5, 0.6) is 0 Å². The fourth-order valence-electron chi connectivity index (χ4n) is 4.37. The third-order valence-electron chi connectivity index (χ3n) is 6.33. The first-order chi connectivity index (χ1) is 15.3. The zero-order valence-corrected chi connectivity index (χ0v) is 20.6. The smallest absolute Gasteiger partial charge is 0.335 e. The van der Waals surface area contributed by atoms with E-state index in [1.807, 2.05) is 26.0 Å². The number of hydrogen-bond acceptors (Lipinski definition) is 2. The molecule has 3 aromatic rings. The van der Waals surface area contributed by atoms with Gasteiger partial charge in [0.15, 0.2) is 0 Å². The van der Waals surface area contributed by atoms with Crippen molar-refractivity contribution in [2.45, 2.75) is 65.2 Å². The minimum absolute atomic E-state index is 0.190. The van der Waals surface area contributed by atoms with E-state index in [1.54, 1.807) is 23.5 Å². The second kappa shape index (κ2) is 10.3. The predicted octanol–water partition coefficient (Wildman–Crippen LogP) is 8.41. The minimum atomic E-state index is -0.894. The van der Waals surface area contributed by atoms with Crippen LogP contribution in [0.4, 0.5) is 0 Å². The first-order valence-corrected chi connectivity index (χ1v) is 12.4. The molecule has 1 heterocycles. The maximum absolute atomic E-state index is 11.1. The summed E-state index contributed by atoms with van der Waals surface area (Å²) in [6, 6.07) is 16.2. The van der Waals surface area contributed by atoms with Gasteiger partial charge in [0.1, 0.15) is 0 Å². The van der Waals surface area contributed by atoms with Crippen molar-refractivity contribution < 1.29 is 9.90 Å². The Kier molecular flexibility index (Phi) is 7.73. The van der Waals surface area contributed by atoms with Gasteiger partial charge in [-0.2, -0.15) is 0 Å². The van der Waals surface area contributed by atoms with Crippen molar-refractivity contribution in [3.63, 3.8) is 0 Å². The molecule has 1 atom stereocenters. The van der Waals surface area contributed by atoms with Crippen molar-refractivity contribution in [1.29, 1.82) is 0 Å². The highest BCUT2D eigenvalue weighted by molar-refractivity contribution is 7.09. The molecule has 0 saturated carbocycles. The maximum atomic E-state index is 11.1. The molecule has 1 aliphatic rings. The van der Waals surface area contributed by atoms with E-state index in [1.165, 1.54) is 40.0 Å². The van der Waals surface area contributed by atoms with Crippen LogP contribution < -0.4 is 0 Å². The molecule has 1 aliphatic carbocycles. The molecular weight excluding hydrogens is 412 g/mol. The van der Waals surface area contributed by atoms with Gasteiger partial charge in [0.2, 0.25) is 0 Å². The van der Waals surface area contributed by atoms with Crippen LogP contribution >= 0.6 is 11.3 Å². The van der Waals surface area contributed by atoms with Gasteiger partial charge in [-0.05, 0) is 75.6 Å². The number of carboxylic acid groups (broad SMARTS) is 1. The number of benzene rings is 2. The lowest BCUT2D eigenvalue weighted by Crippen LogP contribution is -2.26. The van der Waals surface area contributed by atoms with Gasteiger partial charge in [-0.25, -0.2) is 4.79 Å². The molecular formula is C29H34O2S. The van der Waals surface area contributed by atoms with E-state index in [2.05, 4.69) is 62.6 Å². The zero-order chi connectivity index (χ0) is 23.3. The molecule has 0 saturated heterocycles. The van der Waals surface area contributed by atoms with Gasteiger partial charge >= 0.3 is 5.97 Å². The van der Waals surface area contributed by atoms with Crippen molar-refractivity contribution in [3.8, 4) is 0 Å². The van der Waals surface area contributed by atoms with Crippen LogP contribution in [-0.4, -0.2) is 11.1 Å². The lowest BCUT2D eigenvalue weighted by Gasteiger charge is -2.37. The number of carboxylic acids is 1. The number of rotatable bonds is 5. The molecule has 168 valence electrons. The summed E-state index contributed by atoms with van der Waals surface area (Å²) in [5, 5.41) is 11.2. The Morgan fingerprint density at radius 2 is 1.84 bits per heavy atom. The van der Waals surface area contributed by atoms with Crippen LogP contribution in [0.1, 0.15) is 96.4 Å². The zero-order valence-electron chi connectivity index (χ0n) is 19.8. The average molecular weight is 447 g/mol. The molecule has 0 aliphatic heterocycles. The summed E-state index contributed by atoms with van der Waals surface area (Å²) in [6.45, 7) is 11.1. The van der Waals surface area contributed by atoms with Gasteiger partial charge < -0.3 is 5.11 Å². The van der Waals surface area contributed by atoms with Crippen LogP contribution in [0, 0.1) is 0 Å². The fourth-order valence-corrected chi connectivity index (χ4v) is 5.10. The van der Waals surface area contributed by atoms with E-state index in [4.69, 9.17) is 5.11 Å². The van der Waals surface area contributed by atoms with Crippen molar-refractivity contribution >= 4 is 29.5 Å². The van der Waals surface area contributed by atoms with E-state index in [0.29, 0.717) is 11.5 Å². The first kappa shape index (κ1) is 24.0. The van der Waals surface area contributed by atoms with Crippen LogP contribution in [-0.2, 0) is 11.8 Å². The summed E-state index contributed by atoms with van der Waals surface area (Å²) in [5.41, 5.74) is 7.10. The fraction of sp³-hybridized carbons (Fsp3) is 0.345. The number of hydrogen-bond donors (Lipinski definition) is 1. The first-order valence-electron chi connectivity index (χ1n) is 11.5. The summed E-state index contributed by atoms with van der Waals surface area (Å²) in [6.07, 6.45) is 7.67. The van der Waals surface area contributed by atoms with Gasteiger partial charge in [-0.3, -0.25) is 0 Å². The Labute approximate surface area is 196 Å². The SMILES string of the molecule is CC.CC1CCC(C)(C)c2cc(/C=C/c3ccc(C(=O)O)cc3)c(Cc3cccs3)cc21. The molecule has 4 rings (SSSR count). The molecule has 0 spiro atoms. The summed E-state index contributed by atoms with van der Waals surface area (Å²) in [4.78, 5) is 12.5. The van der Waals surface area contributed by atoms with Crippen LogP contribution in [0.15, 0.2) is 53.9 Å². The monoisotopic (exact) mass is 446 g/mol. The normalized spacial score (nSPS) is 16.8. The standard InChI is InChI=1S/C27H28O2S.C2H6/c1-18-12-13-27(2,3)25-17-21(11-8-19-6-9-20(10-7-19)26(28)29)22(16-24(18)25)15-23-5-4-14-30-23;1-2/h4-11,14,16-18H,12-13,15H2,1-3H3,(H,28,29);1-2H3/b11-8+;. The molecule has 1 N–H and O–H groups in total. The second-order valence-corrected chi connectivity index (χ2v) is 10.0. The minimum Gasteiger partial charge on any atom is -0.478 e. The molecule has 0 fully saturated rings. The Morgan fingerprint density at radius 1 is 1.12 bits per heavy atom. The lowest BCUT2D eigenvalue weighted by atomic mass is 9.68. The van der Waals surface area contributed by atoms with Crippen LogP contribution in [0.25, 0.3) is 12.2 Å². The molecule has 1 aromatic heterocycles. The van der Waals surface area contributed by atoms with Gasteiger partial charge in [-0.1, -0.05) is 77.1 Å². The van der Waals surface area contributed by atoms with E-state index >= 15 is 0 Å². The third-order valence-corrected chi connectivity index (χ3v) is 7.21. The Hall–Kier alpha value is -2.65. The number of fused-ring (bicyclic) bond motifs is 1. The summed E-state index contributed by atoms with van der Waals surface area (Å²) in [5.74, 6) is -0.300. The topological polar surface area (TPSA) is 37.3 Å². The Bertz CT molecular complexity index is 1070. The molecule has 0 radical (unpaired) electrons. The van der Waals surface area contributed by atoms with Crippen LogP contribution in [0.2, 0.25) is 0 Å². The molecule has 2 nitrogen and oxygen atoms in total. The Balaban J connectivity index is 0.00000141. The van der Waals surface area contributed by atoms with Crippen molar-refractivity contribution in [3.05, 3.63) is 92.2 Å². The van der Waals surface area contributed by atoms with E-state index in [-0.39, 0.29) is 5.41 Å². The van der Waals surface area contributed by atoms with E-state index in [0.717, 1.165) is 12.0 Å². The van der Waals surface area contributed by atoms with Crippen molar-refractivity contribution in [2.75, 3.05) is 0 Å². The molecule has 0 bridgehead atoms. The number of thiophene rings is 1. The summed E-state index contributed by atoms with van der Waals surface area (Å²) >= 11 is 1.80. The highest BCUT2D eigenvalue weighted by Gasteiger charge is 2.31. The number of carbonyl (C=O) groups is 1. The van der Waals surface area contributed by atoms with Crippen LogP contribution in [0.3, 0.4) is 0 Å². The Morgan fingerprint density at radius 3 is 2.47 bits per heavy atom. The van der Waals surface area contributed by atoms with Gasteiger partial charge in [0, 0.05) is 11.3 Å². The molecule has 32 heavy (non-hydrogen) atoms. The molecule has 3 heteroatoms. The third kappa shape index (κ3) is 5.39. The predicted molar refractivity (Wildman–Crippen MR) is 138 cm³/mol. The van der Waals surface area contributed by atoms with E-state index in [9.17, 15) is 4.79 Å². The lowest BCUT2D eigenvalue weighted by molar-refractivity contribution is 0.0697. The highest BCUT2D eigenvalue weighted by Crippen LogP contribution is 2.44. The largest absolute Gasteiger partial charge is 0.478 e. The second-order valence-electron chi connectivity index (χ2n) is 8.98. The molecule has 2 aromatic carbocycles. The average Bonchev–Trinajstić information content (AvgIpc) is 3.30. The van der Waals surface area contributed by atoms with Gasteiger partial charge in [0.25, 0.3) is 0 Å². The quantitative estimate of drug-likeness (QED) is 0.399. The van der Waals surface area contributed by atoms with Crippen molar-refractivity contribution in [1.82, 2.24) is 0 Å². The number of aromatic carboxylic acids is 1. The van der Waals surface area contributed by atoms with Crippen molar-refractivity contribution in [2.24, 2.45) is 0 Å². The maximum Gasteiger partial charge on any atom is 0.335 e.